The zero-order valence-corrected chi connectivity index (χ0v) is 12.3. The fourth-order valence-corrected chi connectivity index (χ4v) is 2.83. The Morgan fingerprint density at radius 2 is 2.14 bits per heavy atom. The second-order valence-corrected chi connectivity index (χ2v) is 5.49. The van der Waals surface area contributed by atoms with E-state index in [0.717, 1.165) is 12.0 Å². The van der Waals surface area contributed by atoms with Crippen LogP contribution in [0.4, 0.5) is 0 Å². The minimum atomic E-state index is -0.170. The molecular formula is C16H16N2O2S. The van der Waals surface area contributed by atoms with E-state index in [1.54, 1.807) is 22.9 Å². The van der Waals surface area contributed by atoms with E-state index in [1.165, 1.54) is 5.56 Å². The van der Waals surface area contributed by atoms with Crippen molar-refractivity contribution in [2.45, 2.75) is 19.1 Å². The normalized spacial score (nSPS) is 17.2. The average molecular weight is 300 g/mol. The molecule has 21 heavy (non-hydrogen) atoms. The van der Waals surface area contributed by atoms with Crippen molar-refractivity contribution < 1.29 is 4.74 Å². The Kier molecular flexibility index (Phi) is 3.86. The van der Waals surface area contributed by atoms with Gasteiger partial charge in [0.15, 0.2) is 0 Å². The fraction of sp³-hybridized carbons (Fsp3) is 0.250. The van der Waals surface area contributed by atoms with E-state index in [9.17, 15) is 4.79 Å². The van der Waals surface area contributed by atoms with E-state index in [0.29, 0.717) is 18.7 Å². The van der Waals surface area contributed by atoms with Gasteiger partial charge in [0, 0.05) is 6.20 Å². The third-order valence-electron chi connectivity index (χ3n) is 3.74. The van der Waals surface area contributed by atoms with Gasteiger partial charge >= 0.3 is 0 Å². The Hall–Kier alpha value is -1.98. The molecule has 0 aliphatic carbocycles. The number of hydrogen-bond acceptors (Lipinski definition) is 3. The molecule has 3 rings (SSSR count). The van der Waals surface area contributed by atoms with Gasteiger partial charge in [0.25, 0.3) is 5.56 Å². The Bertz CT molecular complexity index is 739. The molecule has 2 N–H and O–H groups in total. The SMILES string of the molecule is NC(=S)c1cccn(CC2OCCc3ccccc32)c1=O. The summed E-state index contributed by atoms with van der Waals surface area (Å²) in [6, 6.07) is 11.6. The third-order valence-corrected chi connectivity index (χ3v) is 3.96. The molecule has 2 heterocycles. The number of nitrogens with two attached hydrogens (primary N) is 1. The molecule has 1 aromatic heterocycles. The van der Waals surface area contributed by atoms with E-state index in [4.69, 9.17) is 22.7 Å². The molecule has 108 valence electrons. The number of aromatic nitrogens is 1. The molecule has 1 unspecified atom stereocenters. The van der Waals surface area contributed by atoms with Gasteiger partial charge < -0.3 is 15.0 Å². The molecular weight excluding hydrogens is 284 g/mol. The van der Waals surface area contributed by atoms with Crippen LogP contribution in [0.3, 0.4) is 0 Å². The quantitative estimate of drug-likeness (QED) is 0.878. The Labute approximate surface area is 128 Å². The number of pyridine rings is 1. The monoisotopic (exact) mass is 300 g/mol. The van der Waals surface area contributed by atoms with Crippen LogP contribution in [0.1, 0.15) is 22.8 Å². The van der Waals surface area contributed by atoms with Crippen LogP contribution in [0.15, 0.2) is 47.4 Å². The summed E-state index contributed by atoms with van der Waals surface area (Å²) in [4.78, 5) is 12.5. The Morgan fingerprint density at radius 3 is 2.95 bits per heavy atom. The van der Waals surface area contributed by atoms with Crippen molar-refractivity contribution >= 4 is 17.2 Å². The van der Waals surface area contributed by atoms with Gasteiger partial charge in [-0.25, -0.2) is 0 Å². The average Bonchev–Trinajstić information content (AvgIpc) is 2.49. The van der Waals surface area contributed by atoms with Crippen molar-refractivity contribution in [2.75, 3.05) is 6.61 Å². The van der Waals surface area contributed by atoms with Crippen LogP contribution in [0.5, 0.6) is 0 Å². The molecule has 0 bridgehead atoms. The summed E-state index contributed by atoms with van der Waals surface area (Å²) in [6.45, 7) is 1.14. The summed E-state index contributed by atoms with van der Waals surface area (Å²) in [5.41, 5.74) is 8.22. The molecule has 1 aliphatic rings. The topological polar surface area (TPSA) is 57.2 Å². The van der Waals surface area contributed by atoms with Crippen LogP contribution in [0.25, 0.3) is 0 Å². The van der Waals surface area contributed by atoms with Gasteiger partial charge in [-0.15, -0.1) is 0 Å². The maximum atomic E-state index is 12.3. The predicted molar refractivity (Wildman–Crippen MR) is 85.4 cm³/mol. The van der Waals surface area contributed by atoms with Crippen LogP contribution < -0.4 is 11.3 Å². The molecule has 1 atom stereocenters. The molecule has 0 saturated heterocycles. The minimum Gasteiger partial charge on any atom is -0.389 e. The van der Waals surface area contributed by atoms with Gasteiger partial charge in [0.1, 0.15) is 11.1 Å². The number of rotatable bonds is 3. The number of nitrogens with zero attached hydrogens (tertiary/aromatic N) is 1. The van der Waals surface area contributed by atoms with Gasteiger partial charge in [-0.05, 0) is 29.7 Å². The fourth-order valence-electron chi connectivity index (χ4n) is 2.67. The number of ether oxygens (including phenoxy) is 1. The second kappa shape index (κ2) is 5.79. The molecule has 0 fully saturated rings. The molecule has 2 aromatic rings. The summed E-state index contributed by atoms with van der Waals surface area (Å²) >= 11 is 4.91. The maximum Gasteiger partial charge on any atom is 0.260 e. The number of benzene rings is 1. The first-order chi connectivity index (χ1) is 10.2. The number of fused-ring (bicyclic) bond motifs is 1. The van der Waals surface area contributed by atoms with Crippen LogP contribution >= 0.6 is 12.2 Å². The van der Waals surface area contributed by atoms with Crippen LogP contribution in [0, 0.1) is 0 Å². The molecule has 0 spiro atoms. The summed E-state index contributed by atoms with van der Waals surface area (Å²) in [5.74, 6) is 0. The van der Waals surface area contributed by atoms with Crippen molar-refractivity contribution in [3.63, 3.8) is 0 Å². The van der Waals surface area contributed by atoms with Gasteiger partial charge in [-0.3, -0.25) is 4.79 Å². The van der Waals surface area contributed by atoms with E-state index in [1.807, 2.05) is 12.1 Å². The van der Waals surface area contributed by atoms with Crippen molar-refractivity contribution in [3.8, 4) is 0 Å². The van der Waals surface area contributed by atoms with Crippen molar-refractivity contribution in [2.24, 2.45) is 5.73 Å². The summed E-state index contributed by atoms with van der Waals surface area (Å²) in [5, 5.41) is 0. The van der Waals surface area contributed by atoms with Gasteiger partial charge in [0.05, 0.1) is 18.7 Å². The van der Waals surface area contributed by atoms with Crippen molar-refractivity contribution in [3.05, 3.63) is 69.6 Å². The molecule has 1 aromatic carbocycles. The standard InChI is InChI=1S/C16H16N2O2S/c17-15(21)13-6-3-8-18(16(13)19)10-14-12-5-2-1-4-11(12)7-9-20-14/h1-6,8,14H,7,9-10H2,(H2,17,21). The van der Waals surface area contributed by atoms with Crippen molar-refractivity contribution in [1.82, 2.24) is 4.57 Å². The minimum absolute atomic E-state index is 0.116. The second-order valence-electron chi connectivity index (χ2n) is 5.05. The number of thiocarbonyl (C=S) groups is 1. The molecule has 1 aliphatic heterocycles. The maximum absolute atomic E-state index is 12.3. The first kappa shape index (κ1) is 14.0. The Morgan fingerprint density at radius 1 is 1.33 bits per heavy atom. The zero-order chi connectivity index (χ0) is 14.8. The zero-order valence-electron chi connectivity index (χ0n) is 11.5. The molecule has 4 nitrogen and oxygen atoms in total. The van der Waals surface area contributed by atoms with Crippen LogP contribution in [-0.4, -0.2) is 16.2 Å². The molecule has 0 saturated carbocycles. The lowest BCUT2D eigenvalue weighted by atomic mass is 9.97. The highest BCUT2D eigenvalue weighted by molar-refractivity contribution is 7.80. The van der Waals surface area contributed by atoms with E-state index < -0.39 is 0 Å². The summed E-state index contributed by atoms with van der Waals surface area (Å²) in [6.07, 6.45) is 2.54. The van der Waals surface area contributed by atoms with E-state index in [2.05, 4.69) is 12.1 Å². The Balaban J connectivity index is 1.94. The molecule has 5 heteroatoms. The first-order valence-electron chi connectivity index (χ1n) is 6.85. The predicted octanol–water partition coefficient (Wildman–Crippen LogP) is 1.80. The lowest BCUT2D eigenvalue weighted by molar-refractivity contribution is 0.0299. The molecule has 0 radical (unpaired) electrons. The van der Waals surface area contributed by atoms with Gasteiger partial charge in [0.2, 0.25) is 0 Å². The van der Waals surface area contributed by atoms with E-state index >= 15 is 0 Å². The highest BCUT2D eigenvalue weighted by Crippen LogP contribution is 2.27. The lowest BCUT2D eigenvalue weighted by Gasteiger charge is -2.26. The van der Waals surface area contributed by atoms with E-state index in [-0.39, 0.29) is 16.7 Å². The van der Waals surface area contributed by atoms with Gasteiger partial charge in [-0.1, -0.05) is 36.5 Å². The first-order valence-corrected chi connectivity index (χ1v) is 7.26. The largest absolute Gasteiger partial charge is 0.389 e. The lowest BCUT2D eigenvalue weighted by Crippen LogP contribution is -2.31. The highest BCUT2D eigenvalue weighted by Gasteiger charge is 2.21. The third kappa shape index (κ3) is 2.75. The van der Waals surface area contributed by atoms with Crippen LogP contribution in [-0.2, 0) is 17.7 Å². The highest BCUT2D eigenvalue weighted by atomic mass is 32.1. The summed E-state index contributed by atoms with van der Waals surface area (Å²) < 4.78 is 7.45. The number of hydrogen-bond donors (Lipinski definition) is 1. The van der Waals surface area contributed by atoms with Crippen molar-refractivity contribution in [1.29, 1.82) is 0 Å². The van der Waals surface area contributed by atoms with Gasteiger partial charge in [-0.2, -0.15) is 0 Å². The van der Waals surface area contributed by atoms with Crippen LogP contribution in [0.2, 0.25) is 0 Å². The molecule has 0 amide bonds. The summed E-state index contributed by atoms with van der Waals surface area (Å²) in [7, 11) is 0. The smallest absolute Gasteiger partial charge is 0.260 e.